The van der Waals surface area contributed by atoms with E-state index in [0.29, 0.717) is 25.9 Å². The monoisotopic (exact) mass is 424 g/mol. The molecule has 3 aromatic rings. The smallest absolute Gasteiger partial charge is 0.251 e. The second-order valence-electron chi connectivity index (χ2n) is 7.23. The van der Waals surface area contributed by atoms with Gasteiger partial charge in [0.05, 0.1) is 0 Å². The van der Waals surface area contributed by atoms with Crippen LogP contribution < -0.4 is 16.0 Å². The van der Waals surface area contributed by atoms with Gasteiger partial charge >= 0.3 is 0 Å². The van der Waals surface area contributed by atoms with Crippen molar-refractivity contribution in [1.29, 1.82) is 0 Å². The summed E-state index contributed by atoms with van der Waals surface area (Å²) in [7, 11) is 0. The lowest BCUT2D eigenvalue weighted by Gasteiger charge is -2.17. The van der Waals surface area contributed by atoms with Crippen LogP contribution >= 0.6 is 0 Å². The van der Waals surface area contributed by atoms with Gasteiger partial charge in [-0.2, -0.15) is 0 Å². The first-order chi connectivity index (χ1) is 14.9. The SMILES string of the molecule is CC(=O)NC(Cc1c[nH]c2ccccc12)C(=O)NCCCNC(=O)c1cccc(F)c1. The first-order valence-corrected chi connectivity index (χ1v) is 10.1. The zero-order chi connectivity index (χ0) is 22.2. The van der Waals surface area contributed by atoms with Crippen molar-refractivity contribution in [1.82, 2.24) is 20.9 Å². The van der Waals surface area contributed by atoms with Gasteiger partial charge in [-0.25, -0.2) is 4.39 Å². The zero-order valence-electron chi connectivity index (χ0n) is 17.2. The molecule has 1 atom stereocenters. The Hall–Kier alpha value is -3.68. The Morgan fingerprint density at radius 3 is 2.58 bits per heavy atom. The van der Waals surface area contributed by atoms with Gasteiger partial charge in [0, 0.05) is 49.1 Å². The Morgan fingerprint density at radius 1 is 1.03 bits per heavy atom. The number of hydrogen-bond acceptors (Lipinski definition) is 3. The average Bonchev–Trinajstić information content (AvgIpc) is 3.15. The number of hydrogen-bond donors (Lipinski definition) is 4. The van der Waals surface area contributed by atoms with E-state index < -0.39 is 11.9 Å². The highest BCUT2D eigenvalue weighted by atomic mass is 19.1. The van der Waals surface area contributed by atoms with Gasteiger partial charge in [-0.3, -0.25) is 14.4 Å². The van der Waals surface area contributed by atoms with Gasteiger partial charge in [-0.1, -0.05) is 24.3 Å². The Bertz CT molecular complexity index is 1080. The van der Waals surface area contributed by atoms with E-state index in [2.05, 4.69) is 20.9 Å². The molecule has 0 aliphatic heterocycles. The van der Waals surface area contributed by atoms with E-state index >= 15 is 0 Å². The quantitative estimate of drug-likeness (QED) is 0.396. The summed E-state index contributed by atoms with van der Waals surface area (Å²) < 4.78 is 13.2. The van der Waals surface area contributed by atoms with E-state index in [9.17, 15) is 18.8 Å². The topological polar surface area (TPSA) is 103 Å². The normalized spacial score (nSPS) is 11.7. The molecular weight excluding hydrogens is 399 g/mol. The summed E-state index contributed by atoms with van der Waals surface area (Å²) in [6.45, 7) is 2.02. The number of amides is 3. The molecule has 2 aromatic carbocycles. The third-order valence-corrected chi connectivity index (χ3v) is 4.82. The molecule has 162 valence electrons. The zero-order valence-corrected chi connectivity index (χ0v) is 17.2. The Balaban J connectivity index is 1.49. The summed E-state index contributed by atoms with van der Waals surface area (Å²) in [5.74, 6) is -1.43. The van der Waals surface area contributed by atoms with Gasteiger partial charge in [-0.05, 0) is 36.2 Å². The lowest BCUT2D eigenvalue weighted by atomic mass is 10.0. The van der Waals surface area contributed by atoms with Crippen LogP contribution in [0.15, 0.2) is 54.7 Å². The maximum Gasteiger partial charge on any atom is 0.251 e. The second kappa shape index (κ2) is 10.4. The van der Waals surface area contributed by atoms with Crippen LogP contribution in [0.2, 0.25) is 0 Å². The number of carbonyl (C=O) groups is 3. The van der Waals surface area contributed by atoms with Crippen LogP contribution in [-0.2, 0) is 16.0 Å². The fourth-order valence-corrected chi connectivity index (χ4v) is 3.33. The van der Waals surface area contributed by atoms with Crippen LogP contribution in [0.4, 0.5) is 4.39 Å². The molecule has 8 heteroatoms. The van der Waals surface area contributed by atoms with Crippen molar-refractivity contribution in [2.75, 3.05) is 13.1 Å². The first kappa shape index (κ1) is 22.0. The maximum absolute atomic E-state index is 13.2. The van der Waals surface area contributed by atoms with Gasteiger partial charge in [0.15, 0.2) is 0 Å². The highest BCUT2D eigenvalue weighted by Crippen LogP contribution is 2.19. The molecule has 3 rings (SSSR count). The molecule has 0 spiro atoms. The molecule has 0 aliphatic carbocycles. The number of aromatic nitrogens is 1. The van der Waals surface area contributed by atoms with Crippen molar-refractivity contribution in [3.8, 4) is 0 Å². The van der Waals surface area contributed by atoms with Gasteiger partial charge in [0.2, 0.25) is 11.8 Å². The van der Waals surface area contributed by atoms with Crippen molar-refractivity contribution in [2.45, 2.75) is 25.8 Å². The minimum absolute atomic E-state index is 0.244. The molecule has 0 aliphatic rings. The number of rotatable bonds is 9. The fraction of sp³-hybridized carbons (Fsp3) is 0.261. The van der Waals surface area contributed by atoms with E-state index in [4.69, 9.17) is 0 Å². The predicted octanol–water partition coefficient (Wildman–Crippen LogP) is 2.29. The molecule has 0 radical (unpaired) electrons. The van der Waals surface area contributed by atoms with E-state index in [0.717, 1.165) is 16.5 Å². The fourth-order valence-electron chi connectivity index (χ4n) is 3.33. The standard InChI is InChI=1S/C23H25FN4O3/c1-15(29)28-21(13-17-14-27-20-9-3-2-8-19(17)20)23(31)26-11-5-10-25-22(30)16-6-4-7-18(24)12-16/h2-4,6-9,12,14,21,27H,5,10-11,13H2,1H3,(H,25,30)(H,26,31)(H,28,29). The number of carbonyl (C=O) groups excluding carboxylic acids is 3. The minimum atomic E-state index is -0.710. The number of para-hydroxylation sites is 1. The molecule has 7 nitrogen and oxygen atoms in total. The van der Waals surface area contributed by atoms with Crippen LogP contribution in [0.25, 0.3) is 10.9 Å². The van der Waals surface area contributed by atoms with Gasteiger partial charge in [0.1, 0.15) is 11.9 Å². The molecule has 0 bridgehead atoms. The van der Waals surface area contributed by atoms with Gasteiger partial charge in [0.25, 0.3) is 5.91 Å². The van der Waals surface area contributed by atoms with Crippen LogP contribution in [0, 0.1) is 5.82 Å². The van der Waals surface area contributed by atoms with E-state index in [1.54, 1.807) is 0 Å². The Kier molecular flexibility index (Phi) is 7.37. The number of benzene rings is 2. The van der Waals surface area contributed by atoms with E-state index in [1.807, 2.05) is 30.5 Å². The van der Waals surface area contributed by atoms with Gasteiger partial charge in [-0.15, -0.1) is 0 Å². The average molecular weight is 424 g/mol. The Labute approximate surface area is 179 Å². The highest BCUT2D eigenvalue weighted by Gasteiger charge is 2.21. The molecule has 31 heavy (non-hydrogen) atoms. The molecular formula is C23H25FN4O3. The highest BCUT2D eigenvalue weighted by molar-refractivity contribution is 5.94. The van der Waals surface area contributed by atoms with Gasteiger partial charge < -0.3 is 20.9 Å². The number of halogens is 1. The molecule has 4 N–H and O–H groups in total. The number of fused-ring (bicyclic) bond motifs is 1. The number of aromatic amines is 1. The molecule has 0 saturated carbocycles. The number of H-pyrrole nitrogens is 1. The van der Waals surface area contributed by atoms with Crippen LogP contribution in [0.5, 0.6) is 0 Å². The molecule has 0 fully saturated rings. The van der Waals surface area contributed by atoms with Crippen molar-refractivity contribution >= 4 is 28.6 Å². The largest absolute Gasteiger partial charge is 0.361 e. The predicted molar refractivity (Wildman–Crippen MR) is 116 cm³/mol. The van der Waals surface area contributed by atoms with Crippen LogP contribution in [-0.4, -0.2) is 41.8 Å². The van der Waals surface area contributed by atoms with E-state index in [1.165, 1.54) is 31.2 Å². The molecule has 1 heterocycles. The van der Waals surface area contributed by atoms with Crippen molar-refractivity contribution < 1.29 is 18.8 Å². The lowest BCUT2D eigenvalue weighted by Crippen LogP contribution is -2.47. The summed E-state index contributed by atoms with van der Waals surface area (Å²) in [6.07, 6.45) is 2.69. The number of nitrogens with one attached hydrogen (secondary N) is 4. The van der Waals surface area contributed by atoms with Crippen molar-refractivity contribution in [2.24, 2.45) is 0 Å². The minimum Gasteiger partial charge on any atom is -0.361 e. The summed E-state index contributed by atoms with van der Waals surface area (Å²) in [4.78, 5) is 39.4. The summed E-state index contributed by atoms with van der Waals surface area (Å²) in [5.41, 5.74) is 2.15. The first-order valence-electron chi connectivity index (χ1n) is 10.1. The van der Waals surface area contributed by atoms with Crippen LogP contribution in [0.1, 0.15) is 29.3 Å². The van der Waals surface area contributed by atoms with E-state index in [-0.39, 0.29) is 23.3 Å². The summed E-state index contributed by atoms with van der Waals surface area (Å²) in [5, 5.41) is 9.19. The summed E-state index contributed by atoms with van der Waals surface area (Å²) in [6, 6.07) is 12.5. The Morgan fingerprint density at radius 2 is 1.81 bits per heavy atom. The molecule has 1 aromatic heterocycles. The third kappa shape index (κ3) is 6.15. The third-order valence-electron chi connectivity index (χ3n) is 4.82. The van der Waals surface area contributed by atoms with Crippen molar-refractivity contribution in [3.05, 3.63) is 71.7 Å². The lowest BCUT2D eigenvalue weighted by molar-refractivity contribution is -0.128. The molecule has 1 unspecified atom stereocenters. The molecule has 3 amide bonds. The van der Waals surface area contributed by atoms with Crippen LogP contribution in [0.3, 0.4) is 0 Å². The summed E-state index contributed by atoms with van der Waals surface area (Å²) >= 11 is 0. The second-order valence-corrected chi connectivity index (χ2v) is 7.23. The molecule has 0 saturated heterocycles. The maximum atomic E-state index is 13.2. The van der Waals surface area contributed by atoms with Crippen molar-refractivity contribution in [3.63, 3.8) is 0 Å².